The van der Waals surface area contributed by atoms with Crippen molar-refractivity contribution in [2.75, 3.05) is 6.61 Å². The van der Waals surface area contributed by atoms with Gasteiger partial charge in [-0.05, 0) is 48.9 Å². The second-order valence-electron chi connectivity index (χ2n) is 5.19. The van der Waals surface area contributed by atoms with E-state index in [1.165, 1.54) is 12.1 Å². The Morgan fingerprint density at radius 3 is 3.05 bits per heavy atom. The highest BCUT2D eigenvalue weighted by molar-refractivity contribution is 5.75. The molecule has 0 saturated carbocycles. The van der Waals surface area contributed by atoms with Crippen molar-refractivity contribution < 1.29 is 14.3 Å². The number of hydrogen-bond acceptors (Lipinski definition) is 2. The Kier molecular flexibility index (Phi) is 4.95. The molecule has 2 unspecified atom stereocenters. The van der Waals surface area contributed by atoms with Crippen LogP contribution in [0.5, 0.6) is 0 Å². The number of benzene rings is 1. The number of nitrogens with one attached hydrogen (secondary N) is 2. The largest absolute Gasteiger partial charge is 0.394 e. The van der Waals surface area contributed by atoms with Gasteiger partial charge >= 0.3 is 6.03 Å². The number of aliphatic hydroxyl groups is 1. The molecule has 110 valence electrons. The smallest absolute Gasteiger partial charge is 0.315 e. The Bertz CT molecular complexity index is 475. The van der Waals surface area contributed by atoms with E-state index in [4.69, 9.17) is 5.11 Å². The van der Waals surface area contributed by atoms with Crippen molar-refractivity contribution in [3.63, 3.8) is 0 Å². The van der Waals surface area contributed by atoms with E-state index < -0.39 is 0 Å². The van der Waals surface area contributed by atoms with Crippen LogP contribution in [0.1, 0.15) is 43.4 Å². The number of aliphatic hydroxyl groups excluding tert-OH is 1. The molecule has 1 aromatic carbocycles. The Morgan fingerprint density at radius 2 is 2.35 bits per heavy atom. The SMILES string of the molecule is CCC(CO)NC(=O)NC1CCCc2ccc(F)cc21. The van der Waals surface area contributed by atoms with E-state index in [2.05, 4.69) is 10.6 Å². The maximum atomic E-state index is 13.4. The van der Waals surface area contributed by atoms with Crippen molar-refractivity contribution >= 4 is 6.03 Å². The summed E-state index contributed by atoms with van der Waals surface area (Å²) >= 11 is 0. The average molecular weight is 280 g/mol. The normalized spacial score (nSPS) is 19.1. The number of rotatable bonds is 4. The first-order valence-corrected chi connectivity index (χ1v) is 7.10. The van der Waals surface area contributed by atoms with Gasteiger partial charge in [-0.2, -0.15) is 0 Å². The Morgan fingerprint density at radius 1 is 1.55 bits per heavy atom. The number of carbonyl (C=O) groups excluding carboxylic acids is 1. The Hall–Kier alpha value is -1.62. The van der Waals surface area contributed by atoms with Gasteiger partial charge in [-0.25, -0.2) is 9.18 Å². The van der Waals surface area contributed by atoms with Gasteiger partial charge in [0.15, 0.2) is 0 Å². The molecule has 20 heavy (non-hydrogen) atoms. The second kappa shape index (κ2) is 6.70. The number of amides is 2. The predicted molar refractivity (Wildman–Crippen MR) is 74.9 cm³/mol. The fraction of sp³-hybridized carbons (Fsp3) is 0.533. The van der Waals surface area contributed by atoms with Gasteiger partial charge in [-0.15, -0.1) is 0 Å². The fourth-order valence-corrected chi connectivity index (χ4v) is 2.58. The molecular weight excluding hydrogens is 259 g/mol. The quantitative estimate of drug-likeness (QED) is 0.792. The summed E-state index contributed by atoms with van der Waals surface area (Å²) in [5, 5.41) is 14.7. The number of halogens is 1. The molecule has 0 fully saturated rings. The van der Waals surface area contributed by atoms with Crippen LogP contribution in [0.25, 0.3) is 0 Å². The molecule has 2 amide bonds. The fourth-order valence-electron chi connectivity index (χ4n) is 2.58. The minimum absolute atomic E-state index is 0.0835. The topological polar surface area (TPSA) is 61.4 Å². The van der Waals surface area contributed by atoms with Crippen LogP contribution < -0.4 is 10.6 Å². The standard InChI is InChI=1S/C15H21FN2O2/c1-2-12(9-19)17-15(20)18-14-5-3-4-10-6-7-11(16)8-13(10)14/h6-8,12,14,19H,2-5,9H2,1H3,(H2,17,18,20). The van der Waals surface area contributed by atoms with Crippen LogP contribution in [-0.2, 0) is 6.42 Å². The molecule has 2 rings (SSSR count). The van der Waals surface area contributed by atoms with Crippen LogP contribution in [-0.4, -0.2) is 23.8 Å². The number of carbonyl (C=O) groups is 1. The van der Waals surface area contributed by atoms with E-state index in [1.54, 1.807) is 6.07 Å². The van der Waals surface area contributed by atoms with Crippen LogP contribution in [0.4, 0.5) is 9.18 Å². The van der Waals surface area contributed by atoms with E-state index in [0.717, 1.165) is 30.4 Å². The number of urea groups is 1. The molecule has 0 radical (unpaired) electrons. The van der Waals surface area contributed by atoms with Crippen LogP contribution in [0.2, 0.25) is 0 Å². The summed E-state index contributed by atoms with van der Waals surface area (Å²) in [4.78, 5) is 11.9. The lowest BCUT2D eigenvalue weighted by Gasteiger charge is -2.27. The summed E-state index contributed by atoms with van der Waals surface area (Å²) in [5.74, 6) is -0.278. The highest BCUT2D eigenvalue weighted by atomic mass is 19.1. The molecule has 0 saturated heterocycles. The monoisotopic (exact) mass is 280 g/mol. The summed E-state index contributed by atoms with van der Waals surface area (Å²) in [6.45, 7) is 1.81. The summed E-state index contributed by atoms with van der Waals surface area (Å²) in [5.41, 5.74) is 1.96. The van der Waals surface area contributed by atoms with Gasteiger partial charge in [-0.1, -0.05) is 13.0 Å². The molecule has 3 N–H and O–H groups in total. The summed E-state index contributed by atoms with van der Waals surface area (Å²) in [6.07, 6.45) is 3.37. The minimum atomic E-state index is -0.312. The zero-order chi connectivity index (χ0) is 14.5. The lowest BCUT2D eigenvalue weighted by atomic mass is 9.87. The first-order chi connectivity index (χ1) is 9.63. The van der Waals surface area contributed by atoms with E-state index in [1.807, 2.05) is 6.92 Å². The molecule has 4 nitrogen and oxygen atoms in total. The van der Waals surface area contributed by atoms with Crippen molar-refractivity contribution in [2.45, 2.75) is 44.7 Å². The molecule has 0 aromatic heterocycles. The molecule has 5 heteroatoms. The molecule has 1 aliphatic rings. The maximum absolute atomic E-state index is 13.4. The first-order valence-electron chi connectivity index (χ1n) is 7.10. The molecular formula is C15H21FN2O2. The Balaban J connectivity index is 2.04. The van der Waals surface area contributed by atoms with Crippen LogP contribution >= 0.6 is 0 Å². The van der Waals surface area contributed by atoms with E-state index in [9.17, 15) is 9.18 Å². The second-order valence-corrected chi connectivity index (χ2v) is 5.19. The van der Waals surface area contributed by atoms with E-state index in [-0.39, 0.29) is 30.5 Å². The van der Waals surface area contributed by atoms with Crippen molar-refractivity contribution in [3.8, 4) is 0 Å². The van der Waals surface area contributed by atoms with Gasteiger partial charge < -0.3 is 15.7 Å². The lowest BCUT2D eigenvalue weighted by Crippen LogP contribution is -2.45. The predicted octanol–water partition coefficient (Wildman–Crippen LogP) is 2.27. The van der Waals surface area contributed by atoms with E-state index in [0.29, 0.717) is 6.42 Å². The summed E-state index contributed by atoms with van der Waals surface area (Å²) in [6, 6.07) is 4.03. The third-order valence-corrected chi connectivity index (χ3v) is 3.78. The maximum Gasteiger partial charge on any atom is 0.315 e. The first kappa shape index (κ1) is 14.8. The lowest BCUT2D eigenvalue weighted by molar-refractivity contribution is 0.211. The highest BCUT2D eigenvalue weighted by Gasteiger charge is 2.22. The van der Waals surface area contributed by atoms with Crippen LogP contribution in [0, 0.1) is 5.82 Å². The zero-order valence-electron chi connectivity index (χ0n) is 11.7. The van der Waals surface area contributed by atoms with Crippen molar-refractivity contribution in [1.82, 2.24) is 10.6 Å². The van der Waals surface area contributed by atoms with Gasteiger partial charge in [0.2, 0.25) is 0 Å². The van der Waals surface area contributed by atoms with Crippen molar-refractivity contribution in [3.05, 3.63) is 35.1 Å². The van der Waals surface area contributed by atoms with E-state index >= 15 is 0 Å². The third kappa shape index (κ3) is 3.48. The molecule has 1 aliphatic carbocycles. The number of aryl methyl sites for hydroxylation is 1. The van der Waals surface area contributed by atoms with Crippen LogP contribution in [0.15, 0.2) is 18.2 Å². The Labute approximate surface area is 118 Å². The van der Waals surface area contributed by atoms with Crippen LogP contribution in [0.3, 0.4) is 0 Å². The summed E-state index contributed by atoms with van der Waals surface area (Å²) < 4.78 is 13.4. The van der Waals surface area contributed by atoms with Gasteiger partial charge in [0.25, 0.3) is 0 Å². The number of hydrogen-bond donors (Lipinski definition) is 3. The molecule has 0 heterocycles. The molecule has 1 aromatic rings. The zero-order valence-corrected chi connectivity index (χ0v) is 11.7. The summed E-state index contributed by atoms with van der Waals surface area (Å²) in [7, 11) is 0. The van der Waals surface area contributed by atoms with Gasteiger partial charge in [0, 0.05) is 0 Å². The molecule has 0 aliphatic heterocycles. The van der Waals surface area contributed by atoms with Gasteiger partial charge in [0.1, 0.15) is 5.82 Å². The molecule has 0 bridgehead atoms. The number of fused-ring (bicyclic) bond motifs is 1. The van der Waals surface area contributed by atoms with Gasteiger partial charge in [0.05, 0.1) is 18.7 Å². The average Bonchev–Trinajstić information content (AvgIpc) is 2.45. The minimum Gasteiger partial charge on any atom is -0.394 e. The van der Waals surface area contributed by atoms with Crippen molar-refractivity contribution in [2.24, 2.45) is 0 Å². The molecule has 2 atom stereocenters. The van der Waals surface area contributed by atoms with Crippen molar-refractivity contribution in [1.29, 1.82) is 0 Å². The molecule has 0 spiro atoms. The van der Waals surface area contributed by atoms with Gasteiger partial charge in [-0.3, -0.25) is 0 Å². The third-order valence-electron chi connectivity index (χ3n) is 3.78. The highest BCUT2D eigenvalue weighted by Crippen LogP contribution is 2.30.